The summed E-state index contributed by atoms with van der Waals surface area (Å²) in [5.41, 5.74) is 0.255. The Morgan fingerprint density at radius 2 is 1.85 bits per heavy atom. The number of amides is 1. The summed E-state index contributed by atoms with van der Waals surface area (Å²) in [7, 11) is 0. The first-order valence-electron chi connectivity index (χ1n) is 7.43. The summed E-state index contributed by atoms with van der Waals surface area (Å²) in [4.78, 5) is 35.5. The van der Waals surface area contributed by atoms with Crippen LogP contribution in [0.3, 0.4) is 0 Å². The lowest BCUT2D eigenvalue weighted by molar-refractivity contribution is -0.135. The predicted octanol–water partition coefficient (Wildman–Crippen LogP) is 3.10. The summed E-state index contributed by atoms with van der Waals surface area (Å²) in [6.07, 6.45) is 0. The van der Waals surface area contributed by atoms with Crippen molar-refractivity contribution < 1.29 is 19.8 Å². The SMILES string of the molecule is O=C(O)CNC(=O)c1c(O)sc2c(-c3ccccc3)cc(Cl)cc2c1=O. The molecule has 6 nitrogen and oxygen atoms in total. The molecule has 3 aromatic rings. The van der Waals surface area contributed by atoms with Gasteiger partial charge in [0, 0.05) is 20.7 Å². The van der Waals surface area contributed by atoms with Crippen molar-refractivity contribution in [2.24, 2.45) is 0 Å². The molecule has 0 bridgehead atoms. The molecule has 0 saturated heterocycles. The van der Waals surface area contributed by atoms with Crippen molar-refractivity contribution >= 4 is 44.9 Å². The van der Waals surface area contributed by atoms with E-state index < -0.39 is 34.5 Å². The molecule has 1 aromatic heterocycles. The number of halogens is 1. The molecule has 0 radical (unpaired) electrons. The van der Waals surface area contributed by atoms with Gasteiger partial charge in [0.15, 0.2) is 5.06 Å². The molecule has 0 unspecified atom stereocenters. The van der Waals surface area contributed by atoms with Crippen LogP contribution in [0.2, 0.25) is 5.02 Å². The van der Waals surface area contributed by atoms with E-state index in [1.165, 1.54) is 6.07 Å². The van der Waals surface area contributed by atoms with Crippen molar-refractivity contribution in [3.05, 3.63) is 63.3 Å². The number of aromatic hydroxyl groups is 1. The highest BCUT2D eigenvalue weighted by Gasteiger charge is 2.21. The monoisotopic (exact) mass is 389 g/mol. The van der Waals surface area contributed by atoms with Gasteiger partial charge in [0.2, 0.25) is 5.43 Å². The van der Waals surface area contributed by atoms with Gasteiger partial charge in [-0.2, -0.15) is 0 Å². The van der Waals surface area contributed by atoms with Crippen LogP contribution in [0.1, 0.15) is 10.4 Å². The van der Waals surface area contributed by atoms with Gasteiger partial charge in [-0.15, -0.1) is 0 Å². The second kappa shape index (κ2) is 7.15. The molecule has 0 spiro atoms. The van der Waals surface area contributed by atoms with E-state index >= 15 is 0 Å². The fraction of sp³-hybridized carbons (Fsp3) is 0.0556. The Balaban J connectivity index is 2.23. The number of fused-ring (bicyclic) bond motifs is 1. The summed E-state index contributed by atoms with van der Waals surface area (Å²) in [5, 5.41) is 21.0. The Morgan fingerprint density at radius 1 is 1.15 bits per heavy atom. The zero-order valence-corrected chi connectivity index (χ0v) is 14.7. The van der Waals surface area contributed by atoms with Crippen LogP contribution in [0.4, 0.5) is 0 Å². The van der Waals surface area contributed by atoms with E-state index in [-0.39, 0.29) is 5.39 Å². The molecule has 0 atom stereocenters. The van der Waals surface area contributed by atoms with E-state index in [2.05, 4.69) is 5.32 Å². The molecular weight excluding hydrogens is 378 g/mol. The number of nitrogens with one attached hydrogen (secondary N) is 1. The van der Waals surface area contributed by atoms with Crippen molar-refractivity contribution in [3.63, 3.8) is 0 Å². The van der Waals surface area contributed by atoms with E-state index in [0.717, 1.165) is 16.9 Å². The maximum absolute atomic E-state index is 12.8. The van der Waals surface area contributed by atoms with Crippen LogP contribution in [-0.4, -0.2) is 28.6 Å². The first kappa shape index (κ1) is 17.9. The number of carboxylic acid groups (broad SMARTS) is 1. The van der Waals surface area contributed by atoms with Crippen molar-refractivity contribution in [1.29, 1.82) is 0 Å². The van der Waals surface area contributed by atoms with Crippen LogP contribution < -0.4 is 10.7 Å². The Kier molecular flexibility index (Phi) is 4.92. The molecule has 0 aliphatic heterocycles. The van der Waals surface area contributed by atoms with Gasteiger partial charge in [-0.3, -0.25) is 14.4 Å². The molecular formula is C18H12ClNO5S. The minimum atomic E-state index is -1.26. The Hall–Kier alpha value is -2.90. The van der Waals surface area contributed by atoms with E-state index in [1.54, 1.807) is 6.07 Å². The number of aliphatic carboxylic acids is 1. The van der Waals surface area contributed by atoms with Crippen LogP contribution in [0, 0.1) is 0 Å². The van der Waals surface area contributed by atoms with Gasteiger partial charge in [-0.05, 0) is 17.7 Å². The average Bonchev–Trinajstić information content (AvgIpc) is 2.61. The molecule has 1 amide bonds. The van der Waals surface area contributed by atoms with Gasteiger partial charge in [0.05, 0.1) is 0 Å². The van der Waals surface area contributed by atoms with Crippen molar-refractivity contribution in [3.8, 4) is 16.2 Å². The molecule has 132 valence electrons. The highest BCUT2D eigenvalue weighted by molar-refractivity contribution is 7.20. The largest absolute Gasteiger partial charge is 0.499 e. The Bertz CT molecular complexity index is 1080. The number of carbonyl (C=O) groups excluding carboxylic acids is 1. The molecule has 0 fully saturated rings. The second-order valence-electron chi connectivity index (χ2n) is 5.38. The molecule has 3 N–H and O–H groups in total. The van der Waals surface area contributed by atoms with Crippen molar-refractivity contribution in [2.45, 2.75) is 0 Å². The number of carbonyl (C=O) groups is 2. The summed E-state index contributed by atoms with van der Waals surface area (Å²) in [6.45, 7) is -0.661. The lowest BCUT2D eigenvalue weighted by Crippen LogP contribution is -2.32. The normalized spacial score (nSPS) is 10.7. The lowest BCUT2D eigenvalue weighted by atomic mass is 10.0. The van der Waals surface area contributed by atoms with E-state index in [9.17, 15) is 19.5 Å². The molecule has 2 aromatic carbocycles. The first-order valence-corrected chi connectivity index (χ1v) is 8.62. The maximum atomic E-state index is 12.8. The predicted molar refractivity (Wildman–Crippen MR) is 100 cm³/mol. The standard InChI is InChI=1S/C18H12ClNO5S/c19-10-6-11(9-4-2-1-3-5-9)16-12(7-10)15(23)14(18(25)26-16)17(24)20-8-13(21)22/h1-7,25H,8H2,(H,20,24)(H,21,22). The van der Waals surface area contributed by atoms with Gasteiger partial charge >= 0.3 is 5.97 Å². The third-order valence-corrected chi connectivity index (χ3v) is 4.91. The average molecular weight is 390 g/mol. The van der Waals surface area contributed by atoms with Crippen molar-refractivity contribution in [2.75, 3.05) is 6.54 Å². The molecule has 8 heteroatoms. The van der Waals surface area contributed by atoms with Gasteiger partial charge in [-0.25, -0.2) is 0 Å². The van der Waals surface area contributed by atoms with Gasteiger partial charge in [0.1, 0.15) is 12.1 Å². The fourth-order valence-corrected chi connectivity index (χ4v) is 3.78. The number of hydrogen-bond acceptors (Lipinski definition) is 5. The molecule has 0 saturated carbocycles. The van der Waals surface area contributed by atoms with E-state index in [0.29, 0.717) is 15.3 Å². The topological polar surface area (TPSA) is 104 Å². The number of hydrogen-bond donors (Lipinski definition) is 3. The lowest BCUT2D eigenvalue weighted by Gasteiger charge is -2.10. The highest BCUT2D eigenvalue weighted by Crippen LogP contribution is 2.37. The second-order valence-corrected chi connectivity index (χ2v) is 6.82. The quantitative estimate of drug-likeness (QED) is 0.636. The minimum absolute atomic E-state index is 0.180. The molecule has 26 heavy (non-hydrogen) atoms. The van der Waals surface area contributed by atoms with Crippen LogP contribution in [0.5, 0.6) is 5.06 Å². The van der Waals surface area contributed by atoms with Crippen LogP contribution >= 0.6 is 22.9 Å². The van der Waals surface area contributed by atoms with E-state index in [4.69, 9.17) is 16.7 Å². The van der Waals surface area contributed by atoms with Crippen molar-refractivity contribution in [1.82, 2.24) is 5.32 Å². The highest BCUT2D eigenvalue weighted by atomic mass is 35.5. The summed E-state index contributed by atoms with van der Waals surface area (Å²) in [5.74, 6) is -2.21. The van der Waals surface area contributed by atoms with Crippen LogP contribution in [-0.2, 0) is 4.79 Å². The van der Waals surface area contributed by atoms with Gasteiger partial charge in [0.25, 0.3) is 5.91 Å². The summed E-state index contributed by atoms with van der Waals surface area (Å²) >= 11 is 7.01. The first-order chi connectivity index (χ1) is 12.4. The smallest absolute Gasteiger partial charge is 0.322 e. The number of carboxylic acids is 1. The van der Waals surface area contributed by atoms with Gasteiger partial charge < -0.3 is 15.5 Å². The number of benzene rings is 2. The molecule has 1 heterocycles. The Morgan fingerprint density at radius 3 is 2.50 bits per heavy atom. The zero-order chi connectivity index (χ0) is 18.8. The fourth-order valence-electron chi connectivity index (χ4n) is 2.53. The van der Waals surface area contributed by atoms with Crippen LogP contribution in [0.25, 0.3) is 21.2 Å². The molecule has 0 aliphatic rings. The Labute approximate surface area is 156 Å². The van der Waals surface area contributed by atoms with Crippen LogP contribution in [0.15, 0.2) is 47.3 Å². The maximum Gasteiger partial charge on any atom is 0.322 e. The molecule has 0 aliphatic carbocycles. The third-order valence-electron chi connectivity index (χ3n) is 3.65. The number of rotatable bonds is 4. The summed E-state index contributed by atoms with van der Waals surface area (Å²) < 4.78 is 0.484. The zero-order valence-electron chi connectivity index (χ0n) is 13.2. The van der Waals surface area contributed by atoms with Gasteiger partial charge in [-0.1, -0.05) is 53.3 Å². The minimum Gasteiger partial charge on any atom is -0.499 e. The summed E-state index contributed by atoms with van der Waals surface area (Å²) in [6, 6.07) is 12.3. The van der Waals surface area contributed by atoms with E-state index in [1.807, 2.05) is 30.3 Å². The molecule has 3 rings (SSSR count). The third kappa shape index (κ3) is 3.40.